The molecule has 0 spiro atoms. The fourth-order valence-electron chi connectivity index (χ4n) is 1.14. The van der Waals surface area contributed by atoms with Gasteiger partial charge in [0.25, 0.3) is 0 Å². The Hall–Kier alpha value is -1.12. The van der Waals surface area contributed by atoms with E-state index in [9.17, 15) is 4.79 Å². The van der Waals surface area contributed by atoms with Gasteiger partial charge in [0.15, 0.2) is 0 Å². The minimum Gasteiger partial charge on any atom is -0.435 e. The van der Waals surface area contributed by atoms with Crippen molar-refractivity contribution in [2.24, 2.45) is 0 Å². The molecule has 0 bridgehead atoms. The highest BCUT2D eigenvalue weighted by Gasteiger charge is 2.00. The lowest BCUT2D eigenvalue weighted by atomic mass is 10.1. The molecule has 0 aromatic rings. The second-order valence-electron chi connectivity index (χ2n) is 3.67. The van der Waals surface area contributed by atoms with E-state index in [0.29, 0.717) is 5.71 Å². The van der Waals surface area contributed by atoms with Gasteiger partial charge in [-0.15, -0.1) is 0 Å². The molecule has 0 fully saturated rings. The van der Waals surface area contributed by atoms with Crippen molar-refractivity contribution < 1.29 is 9.53 Å². The van der Waals surface area contributed by atoms with Crippen LogP contribution in [-0.4, -0.2) is 11.7 Å². The molecule has 1 N–H and O–H groups in total. The fraction of sp³-hybridized carbons (Fsp3) is 0.667. The number of hydrogen-bond acceptors (Lipinski definition) is 3. The van der Waals surface area contributed by atoms with Crippen molar-refractivity contribution in [1.82, 2.24) is 0 Å². The SMILES string of the molecule is CCCCCCC=COC(=O)CC(C)=N. The van der Waals surface area contributed by atoms with Crippen LogP contribution in [0.1, 0.15) is 52.4 Å². The maximum absolute atomic E-state index is 11.0. The Morgan fingerprint density at radius 1 is 1.33 bits per heavy atom. The zero-order valence-corrected chi connectivity index (χ0v) is 9.71. The molecule has 0 atom stereocenters. The lowest BCUT2D eigenvalue weighted by Crippen LogP contribution is -2.04. The number of nitrogens with one attached hydrogen (secondary N) is 1. The number of esters is 1. The highest BCUT2D eigenvalue weighted by molar-refractivity contribution is 5.95. The molecule has 0 saturated heterocycles. The molecule has 3 nitrogen and oxygen atoms in total. The molecule has 0 radical (unpaired) electrons. The van der Waals surface area contributed by atoms with Gasteiger partial charge in [0.05, 0.1) is 12.7 Å². The number of allylic oxidation sites excluding steroid dienone is 1. The van der Waals surface area contributed by atoms with E-state index in [1.165, 1.54) is 25.5 Å². The van der Waals surface area contributed by atoms with E-state index in [0.717, 1.165) is 12.8 Å². The van der Waals surface area contributed by atoms with E-state index in [1.807, 2.05) is 6.08 Å². The van der Waals surface area contributed by atoms with Crippen LogP contribution >= 0.6 is 0 Å². The van der Waals surface area contributed by atoms with Gasteiger partial charge in [-0.3, -0.25) is 4.79 Å². The lowest BCUT2D eigenvalue weighted by Gasteiger charge is -1.97. The van der Waals surface area contributed by atoms with Gasteiger partial charge in [0.1, 0.15) is 0 Å². The predicted octanol–water partition coefficient (Wildman–Crippen LogP) is 3.44. The molecular formula is C12H21NO2. The number of rotatable bonds is 8. The Balaban J connectivity index is 3.37. The maximum atomic E-state index is 11.0. The van der Waals surface area contributed by atoms with E-state index in [1.54, 1.807) is 6.92 Å². The summed E-state index contributed by atoms with van der Waals surface area (Å²) in [6, 6.07) is 0. The number of carbonyl (C=O) groups is 1. The molecule has 0 aliphatic heterocycles. The standard InChI is InChI=1S/C12H21NO2/c1-3-4-5-6-7-8-9-15-12(14)10-11(2)13/h8-9,13H,3-7,10H2,1-2H3. The topological polar surface area (TPSA) is 50.2 Å². The first-order chi connectivity index (χ1) is 7.16. The van der Waals surface area contributed by atoms with Crippen molar-refractivity contribution in [2.45, 2.75) is 52.4 Å². The van der Waals surface area contributed by atoms with Crippen LogP contribution in [-0.2, 0) is 9.53 Å². The first-order valence-corrected chi connectivity index (χ1v) is 5.55. The largest absolute Gasteiger partial charge is 0.435 e. The van der Waals surface area contributed by atoms with Crippen LogP contribution in [0.5, 0.6) is 0 Å². The average molecular weight is 211 g/mol. The molecule has 0 aliphatic carbocycles. The molecule has 15 heavy (non-hydrogen) atoms. The zero-order valence-electron chi connectivity index (χ0n) is 9.71. The second kappa shape index (κ2) is 9.44. The van der Waals surface area contributed by atoms with Gasteiger partial charge >= 0.3 is 5.97 Å². The third kappa shape index (κ3) is 10.8. The molecular weight excluding hydrogens is 190 g/mol. The Kier molecular flexibility index (Phi) is 8.73. The Morgan fingerprint density at radius 3 is 2.67 bits per heavy atom. The lowest BCUT2D eigenvalue weighted by molar-refractivity contribution is -0.136. The zero-order chi connectivity index (χ0) is 11.5. The van der Waals surface area contributed by atoms with Crippen LogP contribution in [0, 0.1) is 5.41 Å². The van der Waals surface area contributed by atoms with Crippen molar-refractivity contribution >= 4 is 11.7 Å². The van der Waals surface area contributed by atoms with Crippen LogP contribution in [0.4, 0.5) is 0 Å². The predicted molar refractivity (Wildman–Crippen MR) is 62.0 cm³/mol. The summed E-state index contributed by atoms with van der Waals surface area (Å²) in [5.74, 6) is -0.354. The molecule has 0 amide bonds. The highest BCUT2D eigenvalue weighted by Crippen LogP contribution is 2.03. The normalized spacial score (nSPS) is 10.5. The smallest absolute Gasteiger partial charge is 0.316 e. The Labute approximate surface area is 92.0 Å². The Bertz CT molecular complexity index is 222. The summed E-state index contributed by atoms with van der Waals surface area (Å²) >= 11 is 0. The van der Waals surface area contributed by atoms with Crippen molar-refractivity contribution in [1.29, 1.82) is 5.41 Å². The van der Waals surface area contributed by atoms with E-state index < -0.39 is 0 Å². The minimum absolute atomic E-state index is 0.0835. The fourth-order valence-corrected chi connectivity index (χ4v) is 1.14. The van der Waals surface area contributed by atoms with Crippen molar-refractivity contribution in [3.63, 3.8) is 0 Å². The van der Waals surface area contributed by atoms with Crippen LogP contribution in [0.3, 0.4) is 0 Å². The average Bonchev–Trinajstić information content (AvgIpc) is 2.15. The van der Waals surface area contributed by atoms with Crippen LogP contribution < -0.4 is 0 Å². The molecule has 0 saturated carbocycles. The van der Waals surface area contributed by atoms with Gasteiger partial charge in [0, 0.05) is 5.71 Å². The van der Waals surface area contributed by atoms with Crippen LogP contribution in [0.25, 0.3) is 0 Å². The molecule has 0 rings (SSSR count). The molecule has 3 heteroatoms. The number of carbonyl (C=O) groups excluding carboxylic acids is 1. The summed E-state index contributed by atoms with van der Waals surface area (Å²) in [7, 11) is 0. The summed E-state index contributed by atoms with van der Waals surface area (Å²) in [4.78, 5) is 11.0. The highest BCUT2D eigenvalue weighted by atomic mass is 16.5. The quantitative estimate of drug-likeness (QED) is 0.289. The monoisotopic (exact) mass is 211 g/mol. The van der Waals surface area contributed by atoms with Gasteiger partial charge in [-0.1, -0.05) is 26.2 Å². The third-order valence-electron chi connectivity index (χ3n) is 1.93. The van der Waals surface area contributed by atoms with Gasteiger partial charge in [-0.2, -0.15) is 0 Å². The van der Waals surface area contributed by atoms with E-state index in [2.05, 4.69) is 6.92 Å². The molecule has 0 aromatic heterocycles. The van der Waals surface area contributed by atoms with E-state index in [-0.39, 0.29) is 12.4 Å². The maximum Gasteiger partial charge on any atom is 0.316 e. The van der Waals surface area contributed by atoms with Gasteiger partial charge in [0.2, 0.25) is 0 Å². The second-order valence-corrected chi connectivity index (χ2v) is 3.67. The molecule has 0 aromatic carbocycles. The minimum atomic E-state index is -0.354. The van der Waals surface area contributed by atoms with E-state index in [4.69, 9.17) is 10.1 Å². The van der Waals surface area contributed by atoms with Crippen LogP contribution in [0.15, 0.2) is 12.3 Å². The summed E-state index contributed by atoms with van der Waals surface area (Å²) in [6.07, 6.45) is 9.22. The third-order valence-corrected chi connectivity index (χ3v) is 1.93. The summed E-state index contributed by atoms with van der Waals surface area (Å²) < 4.78 is 4.80. The molecule has 86 valence electrons. The number of unbranched alkanes of at least 4 members (excludes halogenated alkanes) is 4. The van der Waals surface area contributed by atoms with Crippen LogP contribution in [0.2, 0.25) is 0 Å². The van der Waals surface area contributed by atoms with Gasteiger partial charge in [-0.25, -0.2) is 0 Å². The van der Waals surface area contributed by atoms with Gasteiger partial charge < -0.3 is 10.1 Å². The summed E-state index contributed by atoms with van der Waals surface area (Å²) in [5.41, 5.74) is 0.330. The molecule has 0 aliphatic rings. The first-order valence-electron chi connectivity index (χ1n) is 5.55. The number of ether oxygens (including phenoxy) is 1. The molecule has 0 heterocycles. The molecule has 0 unspecified atom stereocenters. The first kappa shape index (κ1) is 13.9. The Morgan fingerprint density at radius 2 is 2.07 bits per heavy atom. The van der Waals surface area contributed by atoms with Gasteiger partial charge in [-0.05, 0) is 25.8 Å². The van der Waals surface area contributed by atoms with E-state index >= 15 is 0 Å². The summed E-state index contributed by atoms with van der Waals surface area (Å²) in [5, 5.41) is 7.09. The number of hydrogen-bond donors (Lipinski definition) is 1. The van der Waals surface area contributed by atoms with Crippen molar-refractivity contribution in [3.05, 3.63) is 12.3 Å². The summed E-state index contributed by atoms with van der Waals surface area (Å²) in [6.45, 7) is 3.77. The van der Waals surface area contributed by atoms with Crippen molar-refractivity contribution in [2.75, 3.05) is 0 Å². The van der Waals surface area contributed by atoms with Crippen molar-refractivity contribution in [3.8, 4) is 0 Å².